The lowest BCUT2D eigenvalue weighted by Crippen LogP contribution is -2.21. The summed E-state index contributed by atoms with van der Waals surface area (Å²) >= 11 is 0. The monoisotopic (exact) mass is 328 g/mol. The van der Waals surface area contributed by atoms with Gasteiger partial charge in [-0.2, -0.15) is 0 Å². The van der Waals surface area contributed by atoms with Crippen LogP contribution in [-0.2, 0) is 4.74 Å². The van der Waals surface area contributed by atoms with E-state index in [1.807, 2.05) is 0 Å². The fourth-order valence-corrected chi connectivity index (χ4v) is 2.24. The van der Waals surface area contributed by atoms with Gasteiger partial charge in [0, 0.05) is 11.8 Å². The number of carbonyl (C=O) groups is 2. The molecule has 2 aromatic rings. The molecule has 0 unspecified atom stereocenters. The van der Waals surface area contributed by atoms with E-state index in [-0.39, 0.29) is 13.4 Å². The van der Waals surface area contributed by atoms with Crippen LogP contribution in [0.25, 0.3) is 0 Å². The predicted molar refractivity (Wildman–Crippen MR) is 87.6 cm³/mol. The van der Waals surface area contributed by atoms with Crippen molar-refractivity contribution in [1.29, 1.82) is 0 Å². The zero-order chi connectivity index (χ0) is 16.9. The van der Waals surface area contributed by atoms with Crippen LogP contribution in [0.4, 0.5) is 16.2 Å². The largest absolute Gasteiger partial charge is 0.462 e. The Morgan fingerprint density at radius 3 is 2.71 bits per heavy atom. The highest BCUT2D eigenvalue weighted by Gasteiger charge is 2.16. The van der Waals surface area contributed by atoms with Crippen LogP contribution in [0.15, 0.2) is 42.5 Å². The third-order valence-electron chi connectivity index (χ3n) is 3.30. The maximum Gasteiger partial charge on any atom is 0.340 e. The van der Waals surface area contributed by atoms with Gasteiger partial charge in [0.1, 0.15) is 0 Å². The molecule has 0 bridgehead atoms. The molecule has 0 fully saturated rings. The molecule has 0 radical (unpaired) electrons. The Kier molecular flexibility index (Phi) is 4.51. The minimum atomic E-state index is -0.489. The van der Waals surface area contributed by atoms with Crippen LogP contribution < -0.4 is 20.1 Å². The average molecular weight is 328 g/mol. The summed E-state index contributed by atoms with van der Waals surface area (Å²) in [4.78, 5) is 24.1. The molecule has 0 aromatic heterocycles. The number of benzene rings is 2. The fourth-order valence-electron chi connectivity index (χ4n) is 2.24. The lowest BCUT2D eigenvalue weighted by Gasteiger charge is -2.11. The molecule has 2 amide bonds. The quantitative estimate of drug-likeness (QED) is 0.842. The summed E-state index contributed by atoms with van der Waals surface area (Å²) in [5.41, 5.74) is 1.21. The average Bonchev–Trinajstić information content (AvgIpc) is 3.03. The predicted octanol–water partition coefficient (Wildman–Crippen LogP) is 3.24. The second-order valence-electron chi connectivity index (χ2n) is 4.91. The van der Waals surface area contributed by atoms with Gasteiger partial charge in [0.25, 0.3) is 0 Å². The first-order valence-electron chi connectivity index (χ1n) is 7.41. The summed E-state index contributed by atoms with van der Waals surface area (Å²) in [6, 6.07) is 11.2. The van der Waals surface area contributed by atoms with Crippen LogP contribution >= 0.6 is 0 Å². The SMILES string of the molecule is CCOC(=O)c1ccccc1NC(=O)Nc1ccc2c(c1)OCO2. The molecule has 0 aliphatic carbocycles. The van der Waals surface area contributed by atoms with E-state index in [1.165, 1.54) is 0 Å². The van der Waals surface area contributed by atoms with Crippen molar-refractivity contribution in [1.82, 2.24) is 0 Å². The van der Waals surface area contributed by atoms with Crippen LogP contribution in [0.2, 0.25) is 0 Å². The normalized spacial score (nSPS) is 11.7. The first-order chi connectivity index (χ1) is 11.7. The first-order valence-corrected chi connectivity index (χ1v) is 7.41. The summed E-state index contributed by atoms with van der Waals surface area (Å²) in [6.07, 6.45) is 0. The minimum absolute atomic E-state index is 0.165. The number of para-hydroxylation sites is 1. The standard InChI is InChI=1S/C17H16N2O5/c1-2-22-16(20)12-5-3-4-6-13(12)19-17(21)18-11-7-8-14-15(9-11)24-10-23-14/h3-9H,2,10H2,1H3,(H2,18,19,21). The summed E-state index contributed by atoms with van der Waals surface area (Å²) in [5, 5.41) is 5.32. The van der Waals surface area contributed by atoms with Gasteiger partial charge in [-0.15, -0.1) is 0 Å². The highest BCUT2D eigenvalue weighted by Crippen LogP contribution is 2.34. The van der Waals surface area contributed by atoms with Gasteiger partial charge in [-0.1, -0.05) is 12.1 Å². The molecular weight excluding hydrogens is 312 g/mol. The molecule has 7 heteroatoms. The lowest BCUT2D eigenvalue weighted by atomic mass is 10.2. The zero-order valence-electron chi connectivity index (χ0n) is 13.0. The van der Waals surface area contributed by atoms with Crippen molar-refractivity contribution >= 4 is 23.4 Å². The summed E-state index contributed by atoms with van der Waals surface area (Å²) in [6.45, 7) is 2.15. The Bertz CT molecular complexity index is 775. The highest BCUT2D eigenvalue weighted by molar-refractivity contribution is 6.05. The number of hydrogen-bond acceptors (Lipinski definition) is 5. The number of rotatable bonds is 4. The van der Waals surface area contributed by atoms with Gasteiger partial charge in [0.05, 0.1) is 17.9 Å². The number of hydrogen-bond donors (Lipinski definition) is 2. The van der Waals surface area contributed by atoms with E-state index in [0.717, 1.165) is 0 Å². The van der Waals surface area contributed by atoms with E-state index in [2.05, 4.69) is 10.6 Å². The van der Waals surface area contributed by atoms with E-state index in [0.29, 0.717) is 28.4 Å². The Morgan fingerprint density at radius 1 is 1.08 bits per heavy atom. The third kappa shape index (κ3) is 3.40. The third-order valence-corrected chi connectivity index (χ3v) is 3.30. The van der Waals surface area contributed by atoms with Crippen molar-refractivity contribution < 1.29 is 23.8 Å². The van der Waals surface area contributed by atoms with Crippen LogP contribution in [0.1, 0.15) is 17.3 Å². The van der Waals surface area contributed by atoms with Crippen molar-refractivity contribution in [3.05, 3.63) is 48.0 Å². The Morgan fingerprint density at radius 2 is 1.88 bits per heavy atom. The van der Waals surface area contributed by atoms with E-state index in [4.69, 9.17) is 14.2 Å². The van der Waals surface area contributed by atoms with Crippen molar-refractivity contribution in [2.75, 3.05) is 24.0 Å². The summed E-state index contributed by atoms with van der Waals surface area (Å²) < 4.78 is 15.5. The number of esters is 1. The van der Waals surface area contributed by atoms with Gasteiger partial charge in [-0.25, -0.2) is 9.59 Å². The summed E-state index contributed by atoms with van der Waals surface area (Å²) in [7, 11) is 0. The Hall–Kier alpha value is -3.22. The molecule has 24 heavy (non-hydrogen) atoms. The van der Waals surface area contributed by atoms with Crippen LogP contribution in [0, 0.1) is 0 Å². The maximum absolute atomic E-state index is 12.2. The Balaban J connectivity index is 1.70. The molecule has 1 aliphatic heterocycles. The number of amides is 2. The molecule has 124 valence electrons. The van der Waals surface area contributed by atoms with E-state index < -0.39 is 12.0 Å². The smallest absolute Gasteiger partial charge is 0.340 e. The topological polar surface area (TPSA) is 85.9 Å². The number of ether oxygens (including phenoxy) is 3. The van der Waals surface area contributed by atoms with E-state index in [9.17, 15) is 9.59 Å². The van der Waals surface area contributed by atoms with Crippen molar-refractivity contribution in [2.45, 2.75) is 6.92 Å². The van der Waals surface area contributed by atoms with Gasteiger partial charge >= 0.3 is 12.0 Å². The molecule has 0 saturated carbocycles. The molecular formula is C17H16N2O5. The molecule has 1 heterocycles. The van der Waals surface area contributed by atoms with Gasteiger partial charge in [0.2, 0.25) is 6.79 Å². The van der Waals surface area contributed by atoms with Crippen molar-refractivity contribution in [3.8, 4) is 11.5 Å². The van der Waals surface area contributed by atoms with Crippen molar-refractivity contribution in [3.63, 3.8) is 0 Å². The van der Waals surface area contributed by atoms with E-state index >= 15 is 0 Å². The molecule has 2 N–H and O–H groups in total. The summed E-state index contributed by atoms with van der Waals surface area (Å²) in [5.74, 6) is 0.713. The molecule has 1 aliphatic rings. The first kappa shape index (κ1) is 15.7. The number of anilines is 2. The fraction of sp³-hybridized carbons (Fsp3) is 0.176. The second kappa shape index (κ2) is 6.91. The molecule has 2 aromatic carbocycles. The Labute approximate surface area is 138 Å². The highest BCUT2D eigenvalue weighted by atomic mass is 16.7. The molecule has 0 saturated heterocycles. The van der Waals surface area contributed by atoms with E-state index in [1.54, 1.807) is 49.4 Å². The van der Waals surface area contributed by atoms with Gasteiger partial charge in [0.15, 0.2) is 11.5 Å². The van der Waals surface area contributed by atoms with Gasteiger partial charge in [-0.05, 0) is 31.2 Å². The number of fused-ring (bicyclic) bond motifs is 1. The lowest BCUT2D eigenvalue weighted by molar-refractivity contribution is 0.0527. The maximum atomic E-state index is 12.2. The number of carbonyl (C=O) groups excluding carboxylic acids is 2. The number of nitrogens with one attached hydrogen (secondary N) is 2. The van der Waals surface area contributed by atoms with Crippen molar-refractivity contribution in [2.24, 2.45) is 0 Å². The van der Waals surface area contributed by atoms with Crippen LogP contribution in [-0.4, -0.2) is 25.4 Å². The van der Waals surface area contributed by atoms with Crippen LogP contribution in [0.5, 0.6) is 11.5 Å². The zero-order valence-corrected chi connectivity index (χ0v) is 13.0. The van der Waals surface area contributed by atoms with Gasteiger partial charge in [-0.3, -0.25) is 0 Å². The number of urea groups is 1. The second-order valence-corrected chi connectivity index (χ2v) is 4.91. The van der Waals surface area contributed by atoms with Gasteiger partial charge < -0.3 is 24.8 Å². The molecule has 0 spiro atoms. The van der Waals surface area contributed by atoms with Crippen LogP contribution in [0.3, 0.4) is 0 Å². The molecule has 0 atom stereocenters. The molecule has 7 nitrogen and oxygen atoms in total. The molecule has 3 rings (SSSR count). The minimum Gasteiger partial charge on any atom is -0.462 e.